The molecule has 7 heteroatoms. The minimum atomic E-state index is -4.36. The summed E-state index contributed by atoms with van der Waals surface area (Å²) in [5, 5.41) is 0. The zero-order valence-corrected chi connectivity index (χ0v) is 13.5. The van der Waals surface area contributed by atoms with Crippen molar-refractivity contribution in [3.05, 3.63) is 57.2 Å². The number of pyridine rings is 1. The summed E-state index contributed by atoms with van der Waals surface area (Å²) in [5.41, 5.74) is 0.874. The summed E-state index contributed by atoms with van der Waals surface area (Å²) in [7, 11) is 0. The van der Waals surface area contributed by atoms with Crippen molar-refractivity contribution in [3.63, 3.8) is 0 Å². The summed E-state index contributed by atoms with van der Waals surface area (Å²) >= 11 is 6.75. The largest absolute Gasteiger partial charge is 0.416 e. The fourth-order valence-electron chi connectivity index (χ4n) is 2.02. The van der Waals surface area contributed by atoms with E-state index in [1.807, 2.05) is 6.07 Å². The summed E-state index contributed by atoms with van der Waals surface area (Å²) in [6.07, 6.45) is -0.872. The van der Waals surface area contributed by atoms with E-state index < -0.39 is 11.7 Å². The Morgan fingerprint density at radius 2 is 1.81 bits per heavy atom. The van der Waals surface area contributed by atoms with E-state index in [2.05, 4.69) is 36.8 Å². The van der Waals surface area contributed by atoms with Gasteiger partial charge in [-0.2, -0.15) is 13.2 Å². The Kier molecular flexibility index (Phi) is 3.57. The van der Waals surface area contributed by atoms with Crippen LogP contribution >= 0.6 is 31.9 Å². The van der Waals surface area contributed by atoms with Gasteiger partial charge in [-0.1, -0.05) is 12.1 Å². The molecule has 0 amide bonds. The molecule has 3 rings (SSSR count). The molecule has 0 fully saturated rings. The van der Waals surface area contributed by atoms with Gasteiger partial charge in [0.1, 0.15) is 0 Å². The molecule has 0 aliphatic heterocycles. The van der Waals surface area contributed by atoms with Crippen molar-refractivity contribution in [1.29, 1.82) is 0 Å². The summed E-state index contributed by atoms with van der Waals surface area (Å²) in [6, 6.07) is 6.97. The highest BCUT2D eigenvalue weighted by molar-refractivity contribution is 9.11. The molecule has 1 aromatic carbocycles. The highest BCUT2D eigenvalue weighted by Gasteiger charge is 2.30. The van der Waals surface area contributed by atoms with E-state index in [0.29, 0.717) is 16.9 Å². The first-order valence-electron chi connectivity index (χ1n) is 5.86. The van der Waals surface area contributed by atoms with Crippen molar-refractivity contribution in [1.82, 2.24) is 9.38 Å². The molecular formula is C14H7Br2F3N2. The Bertz CT molecular complexity index is 825. The molecule has 2 aromatic heterocycles. The highest BCUT2D eigenvalue weighted by Crippen LogP contribution is 2.32. The number of rotatable bonds is 1. The smallest absolute Gasteiger partial charge is 0.304 e. The van der Waals surface area contributed by atoms with Gasteiger partial charge in [0.2, 0.25) is 0 Å². The van der Waals surface area contributed by atoms with Crippen LogP contribution in [0.5, 0.6) is 0 Å². The maximum Gasteiger partial charge on any atom is 0.416 e. The van der Waals surface area contributed by atoms with Gasteiger partial charge in [-0.3, -0.25) is 0 Å². The van der Waals surface area contributed by atoms with Crippen LogP contribution in [0.1, 0.15) is 5.56 Å². The van der Waals surface area contributed by atoms with E-state index in [9.17, 15) is 13.2 Å². The highest BCUT2D eigenvalue weighted by atomic mass is 79.9. The maximum absolute atomic E-state index is 12.8. The molecular weight excluding hydrogens is 413 g/mol. The standard InChI is InChI=1S/C14H7Br2F3N2/c15-10-5-11(16)13-20-12(7-21(13)6-10)8-2-1-3-9(4-8)14(17,18)19/h1-7H. The number of alkyl halides is 3. The number of benzene rings is 1. The number of hydrogen-bond acceptors (Lipinski definition) is 1. The number of fused-ring (bicyclic) bond motifs is 1. The summed E-state index contributed by atoms with van der Waals surface area (Å²) < 4.78 is 41.7. The molecule has 0 spiro atoms. The van der Waals surface area contributed by atoms with Crippen LogP contribution in [-0.4, -0.2) is 9.38 Å². The molecule has 0 atom stereocenters. The fraction of sp³-hybridized carbons (Fsp3) is 0.0714. The SMILES string of the molecule is FC(F)(F)c1cccc(-c2cn3cc(Br)cc(Br)c3n2)c1. The monoisotopic (exact) mass is 418 g/mol. The van der Waals surface area contributed by atoms with Crippen LogP contribution < -0.4 is 0 Å². The average Bonchev–Trinajstić information content (AvgIpc) is 2.82. The van der Waals surface area contributed by atoms with Crippen molar-refractivity contribution in [3.8, 4) is 11.3 Å². The van der Waals surface area contributed by atoms with Gasteiger partial charge in [-0.25, -0.2) is 4.98 Å². The van der Waals surface area contributed by atoms with E-state index >= 15 is 0 Å². The molecule has 3 aromatic rings. The second-order valence-corrected chi connectivity index (χ2v) is 6.21. The predicted molar refractivity (Wildman–Crippen MR) is 81.0 cm³/mol. The molecule has 21 heavy (non-hydrogen) atoms. The lowest BCUT2D eigenvalue weighted by Gasteiger charge is -2.07. The molecule has 2 nitrogen and oxygen atoms in total. The fourth-order valence-corrected chi connectivity index (χ4v) is 3.32. The van der Waals surface area contributed by atoms with Gasteiger partial charge in [0.25, 0.3) is 0 Å². The second-order valence-electron chi connectivity index (χ2n) is 4.44. The van der Waals surface area contributed by atoms with Gasteiger partial charge >= 0.3 is 6.18 Å². The molecule has 0 saturated heterocycles. The molecule has 0 unspecified atom stereocenters. The van der Waals surface area contributed by atoms with E-state index in [-0.39, 0.29) is 0 Å². The topological polar surface area (TPSA) is 17.3 Å². The third-order valence-corrected chi connectivity index (χ3v) is 3.98. The third kappa shape index (κ3) is 2.85. The van der Waals surface area contributed by atoms with Crippen LogP contribution in [0.15, 0.2) is 51.7 Å². The van der Waals surface area contributed by atoms with Crippen LogP contribution in [0.4, 0.5) is 13.2 Å². The van der Waals surface area contributed by atoms with Crippen LogP contribution in [0.3, 0.4) is 0 Å². The maximum atomic E-state index is 12.8. The van der Waals surface area contributed by atoms with Crippen molar-refractivity contribution >= 4 is 37.5 Å². The van der Waals surface area contributed by atoms with Gasteiger partial charge < -0.3 is 4.40 Å². The first kappa shape index (κ1) is 14.6. The number of nitrogens with zero attached hydrogens (tertiary/aromatic N) is 2. The summed E-state index contributed by atoms with van der Waals surface area (Å²) in [6.45, 7) is 0. The number of aromatic nitrogens is 2. The lowest BCUT2D eigenvalue weighted by atomic mass is 10.1. The Hall–Kier alpha value is -1.34. The molecule has 2 heterocycles. The van der Waals surface area contributed by atoms with E-state index in [1.165, 1.54) is 6.07 Å². The average molecular weight is 420 g/mol. The molecule has 0 aliphatic carbocycles. The van der Waals surface area contributed by atoms with Crippen molar-refractivity contribution < 1.29 is 13.2 Å². The van der Waals surface area contributed by atoms with Gasteiger partial charge in [0, 0.05) is 22.4 Å². The number of imidazole rings is 1. The zero-order chi connectivity index (χ0) is 15.2. The van der Waals surface area contributed by atoms with Gasteiger partial charge in [-0.15, -0.1) is 0 Å². The second kappa shape index (κ2) is 5.14. The van der Waals surface area contributed by atoms with E-state index in [0.717, 1.165) is 21.1 Å². The van der Waals surface area contributed by atoms with Crippen LogP contribution in [-0.2, 0) is 6.18 Å². The molecule has 0 aliphatic rings. The van der Waals surface area contributed by atoms with Gasteiger partial charge in [0.15, 0.2) is 5.65 Å². The predicted octanol–water partition coefficient (Wildman–Crippen LogP) is 5.55. The number of hydrogen-bond donors (Lipinski definition) is 0. The quantitative estimate of drug-likeness (QED) is 0.505. The molecule has 0 radical (unpaired) electrons. The summed E-state index contributed by atoms with van der Waals surface area (Å²) in [5.74, 6) is 0. The van der Waals surface area contributed by atoms with Crippen molar-refractivity contribution in [2.45, 2.75) is 6.18 Å². The third-order valence-electron chi connectivity index (χ3n) is 2.96. The molecule has 108 valence electrons. The van der Waals surface area contributed by atoms with E-state index in [4.69, 9.17) is 0 Å². The lowest BCUT2D eigenvalue weighted by molar-refractivity contribution is -0.137. The van der Waals surface area contributed by atoms with Crippen LogP contribution in [0.2, 0.25) is 0 Å². The first-order chi connectivity index (χ1) is 9.84. The minimum absolute atomic E-state index is 0.427. The van der Waals surface area contributed by atoms with Crippen molar-refractivity contribution in [2.24, 2.45) is 0 Å². The first-order valence-corrected chi connectivity index (χ1v) is 7.44. The zero-order valence-electron chi connectivity index (χ0n) is 10.3. The minimum Gasteiger partial charge on any atom is -0.304 e. The van der Waals surface area contributed by atoms with Crippen LogP contribution in [0.25, 0.3) is 16.9 Å². The Morgan fingerprint density at radius 3 is 2.52 bits per heavy atom. The normalized spacial score (nSPS) is 12.0. The molecule has 0 bridgehead atoms. The van der Waals surface area contributed by atoms with Crippen molar-refractivity contribution in [2.75, 3.05) is 0 Å². The van der Waals surface area contributed by atoms with E-state index in [1.54, 1.807) is 22.9 Å². The lowest BCUT2D eigenvalue weighted by Crippen LogP contribution is -2.04. The Morgan fingerprint density at radius 1 is 1.05 bits per heavy atom. The molecule has 0 saturated carbocycles. The Balaban J connectivity index is 2.15. The summed E-state index contributed by atoms with van der Waals surface area (Å²) in [4.78, 5) is 4.37. The van der Waals surface area contributed by atoms with Gasteiger partial charge in [-0.05, 0) is 50.1 Å². The number of halogens is 5. The molecule has 0 N–H and O–H groups in total. The van der Waals surface area contributed by atoms with Crippen LogP contribution in [0, 0.1) is 0 Å². The Labute approximate surface area is 134 Å². The van der Waals surface area contributed by atoms with Gasteiger partial charge in [0.05, 0.1) is 15.7 Å².